The van der Waals surface area contributed by atoms with Crippen molar-refractivity contribution >= 4 is 57.7 Å². The molecule has 0 radical (unpaired) electrons. The highest BCUT2D eigenvalue weighted by Crippen LogP contribution is 2.24. The van der Waals surface area contributed by atoms with Gasteiger partial charge in [0.15, 0.2) is 0 Å². The van der Waals surface area contributed by atoms with Gasteiger partial charge in [-0.1, -0.05) is 18.2 Å². The molecule has 2 heterocycles. The number of carbonyl (C=O) groups excluding carboxylic acids is 3. The van der Waals surface area contributed by atoms with Crippen molar-refractivity contribution in [3.63, 3.8) is 0 Å². The van der Waals surface area contributed by atoms with Gasteiger partial charge < -0.3 is 10.6 Å². The Hall–Kier alpha value is -2.42. The van der Waals surface area contributed by atoms with Gasteiger partial charge in [-0.15, -0.1) is 34.4 Å². The van der Waals surface area contributed by atoms with Gasteiger partial charge in [-0.05, 0) is 42.0 Å². The number of anilines is 1. The number of hydrogen-bond donors (Lipinski definition) is 2. The van der Waals surface area contributed by atoms with Crippen LogP contribution < -0.4 is 10.6 Å². The van der Waals surface area contributed by atoms with Crippen LogP contribution in [0.4, 0.5) is 5.69 Å². The van der Waals surface area contributed by atoms with Crippen molar-refractivity contribution in [2.75, 3.05) is 11.6 Å². The van der Waals surface area contributed by atoms with Crippen molar-refractivity contribution < 1.29 is 14.4 Å². The zero-order valence-electron chi connectivity index (χ0n) is 14.4. The maximum absolute atomic E-state index is 12.3. The van der Waals surface area contributed by atoms with E-state index in [2.05, 4.69) is 10.6 Å². The number of ketones is 1. The lowest BCUT2D eigenvalue weighted by molar-refractivity contribution is -0.136. The summed E-state index contributed by atoms with van der Waals surface area (Å²) in [7, 11) is 0. The minimum absolute atomic E-state index is 0.0287. The third kappa shape index (κ3) is 4.85. The lowest BCUT2D eigenvalue weighted by Crippen LogP contribution is -2.34. The molecule has 3 aromatic rings. The minimum Gasteiger partial charge on any atom is -0.343 e. The monoisotopic (exact) mass is 416 g/mol. The standard InChI is InChI=1S/C19H16N2O3S3/c1-25-14-6-3-2-5-13(14)21-19(24)18(23)20-11-12-8-9-16(27-12)17(22)15-7-4-10-26-15/h2-10H,11H2,1H3,(H,20,23)(H,21,24). The van der Waals surface area contributed by atoms with E-state index in [1.807, 2.05) is 29.8 Å². The Morgan fingerprint density at radius 1 is 0.963 bits per heavy atom. The Morgan fingerprint density at radius 3 is 2.52 bits per heavy atom. The second-order valence-electron chi connectivity index (χ2n) is 5.41. The van der Waals surface area contributed by atoms with Gasteiger partial charge in [0, 0.05) is 9.77 Å². The summed E-state index contributed by atoms with van der Waals surface area (Å²) in [5.41, 5.74) is 0.602. The van der Waals surface area contributed by atoms with E-state index in [1.54, 1.807) is 30.3 Å². The van der Waals surface area contributed by atoms with Crippen molar-refractivity contribution in [2.45, 2.75) is 11.4 Å². The first-order chi connectivity index (χ1) is 13.1. The van der Waals surface area contributed by atoms with Gasteiger partial charge in [-0.2, -0.15) is 0 Å². The first-order valence-electron chi connectivity index (χ1n) is 7.97. The largest absolute Gasteiger partial charge is 0.343 e. The van der Waals surface area contributed by atoms with Gasteiger partial charge in [-0.3, -0.25) is 14.4 Å². The first-order valence-corrected chi connectivity index (χ1v) is 10.9. The number of thiophene rings is 2. The van der Waals surface area contributed by atoms with Crippen molar-refractivity contribution in [3.05, 3.63) is 68.5 Å². The summed E-state index contributed by atoms with van der Waals surface area (Å²) in [5.74, 6) is -1.47. The molecule has 0 unspecified atom stereocenters. The molecule has 0 fully saturated rings. The van der Waals surface area contributed by atoms with Crippen molar-refractivity contribution in [1.29, 1.82) is 0 Å². The highest BCUT2D eigenvalue weighted by molar-refractivity contribution is 7.98. The van der Waals surface area contributed by atoms with Crippen LogP contribution in [0.25, 0.3) is 0 Å². The van der Waals surface area contributed by atoms with Gasteiger partial charge in [-0.25, -0.2) is 0 Å². The summed E-state index contributed by atoms with van der Waals surface area (Å²) in [5, 5.41) is 7.06. The lowest BCUT2D eigenvalue weighted by atomic mass is 10.3. The van der Waals surface area contributed by atoms with Crippen LogP contribution in [-0.4, -0.2) is 23.9 Å². The molecule has 0 bridgehead atoms. The normalized spacial score (nSPS) is 10.4. The molecule has 27 heavy (non-hydrogen) atoms. The zero-order valence-corrected chi connectivity index (χ0v) is 16.8. The third-order valence-corrected chi connectivity index (χ3v) is 6.36. The second-order valence-corrected chi connectivity index (χ2v) is 8.37. The van der Waals surface area contributed by atoms with Crippen LogP contribution in [0.15, 0.2) is 58.8 Å². The van der Waals surface area contributed by atoms with Crippen molar-refractivity contribution in [1.82, 2.24) is 5.32 Å². The molecular weight excluding hydrogens is 400 g/mol. The zero-order chi connectivity index (χ0) is 19.2. The average Bonchev–Trinajstić information content (AvgIpc) is 3.38. The number of para-hydroxylation sites is 1. The molecule has 2 aromatic heterocycles. The fourth-order valence-corrected chi connectivity index (χ4v) is 4.50. The lowest BCUT2D eigenvalue weighted by Gasteiger charge is -2.09. The van der Waals surface area contributed by atoms with Gasteiger partial charge in [0.05, 0.1) is 22.0 Å². The number of thioether (sulfide) groups is 1. The molecule has 0 atom stereocenters. The topological polar surface area (TPSA) is 75.3 Å². The number of nitrogens with one attached hydrogen (secondary N) is 2. The van der Waals surface area contributed by atoms with Gasteiger partial charge >= 0.3 is 11.8 Å². The minimum atomic E-state index is -0.719. The molecule has 1 aromatic carbocycles. The molecule has 0 aliphatic rings. The predicted octanol–water partition coefficient (Wildman–Crippen LogP) is 4.02. The van der Waals surface area contributed by atoms with Crippen LogP contribution in [-0.2, 0) is 16.1 Å². The van der Waals surface area contributed by atoms with E-state index >= 15 is 0 Å². The number of rotatable bonds is 6. The summed E-state index contributed by atoms with van der Waals surface area (Å²) in [6, 6.07) is 14.4. The summed E-state index contributed by atoms with van der Waals surface area (Å²) in [6.45, 7) is 0.193. The molecular formula is C19H16N2O3S3. The van der Waals surface area contributed by atoms with Gasteiger partial charge in [0.1, 0.15) is 0 Å². The van der Waals surface area contributed by atoms with E-state index in [0.29, 0.717) is 15.4 Å². The summed E-state index contributed by atoms with van der Waals surface area (Å²) in [4.78, 5) is 39.4. The summed E-state index contributed by atoms with van der Waals surface area (Å²) in [6.07, 6.45) is 1.90. The highest BCUT2D eigenvalue weighted by atomic mass is 32.2. The quantitative estimate of drug-likeness (QED) is 0.362. The Kier molecular flexibility index (Phi) is 6.44. The summed E-state index contributed by atoms with van der Waals surface area (Å²) >= 11 is 4.19. The maximum Gasteiger partial charge on any atom is 0.313 e. The van der Waals surface area contributed by atoms with Crippen molar-refractivity contribution in [3.8, 4) is 0 Å². The van der Waals surface area contributed by atoms with E-state index in [1.165, 1.54) is 34.4 Å². The fraction of sp³-hybridized carbons (Fsp3) is 0.105. The number of carbonyl (C=O) groups is 3. The number of hydrogen-bond acceptors (Lipinski definition) is 6. The molecule has 8 heteroatoms. The van der Waals surface area contributed by atoms with Crippen molar-refractivity contribution in [2.24, 2.45) is 0 Å². The van der Waals surface area contributed by atoms with E-state index in [0.717, 1.165) is 9.77 Å². The van der Waals surface area contributed by atoms with Crippen LogP contribution in [0, 0.1) is 0 Å². The smallest absolute Gasteiger partial charge is 0.313 e. The third-order valence-electron chi connectivity index (χ3n) is 3.61. The predicted molar refractivity (Wildman–Crippen MR) is 111 cm³/mol. The van der Waals surface area contributed by atoms with Gasteiger partial charge in [0.2, 0.25) is 5.78 Å². The molecule has 0 aliphatic carbocycles. The summed E-state index contributed by atoms with van der Waals surface area (Å²) < 4.78 is 0. The molecule has 0 saturated carbocycles. The first kappa shape index (κ1) is 19.3. The van der Waals surface area contributed by atoms with Crippen LogP contribution in [0.5, 0.6) is 0 Å². The Bertz CT molecular complexity index is 964. The van der Waals surface area contributed by atoms with E-state index in [9.17, 15) is 14.4 Å². The molecule has 0 aliphatic heterocycles. The highest BCUT2D eigenvalue weighted by Gasteiger charge is 2.16. The molecule has 0 spiro atoms. The maximum atomic E-state index is 12.3. The SMILES string of the molecule is CSc1ccccc1NC(=O)C(=O)NCc1ccc(C(=O)c2cccs2)s1. The Morgan fingerprint density at radius 2 is 1.78 bits per heavy atom. The van der Waals surface area contributed by atoms with E-state index < -0.39 is 11.8 Å². The molecule has 2 N–H and O–H groups in total. The second kappa shape index (κ2) is 8.98. The van der Waals surface area contributed by atoms with E-state index in [-0.39, 0.29) is 12.3 Å². The molecule has 3 rings (SSSR count). The van der Waals surface area contributed by atoms with Crippen LogP contribution in [0.2, 0.25) is 0 Å². The van der Waals surface area contributed by atoms with Crippen LogP contribution in [0.3, 0.4) is 0 Å². The fourth-order valence-electron chi connectivity index (χ4n) is 2.30. The number of benzene rings is 1. The molecule has 138 valence electrons. The molecule has 0 saturated heterocycles. The molecule has 5 nitrogen and oxygen atoms in total. The van der Waals surface area contributed by atoms with Crippen LogP contribution in [0.1, 0.15) is 19.4 Å². The van der Waals surface area contributed by atoms with Gasteiger partial charge in [0.25, 0.3) is 0 Å². The number of amides is 2. The van der Waals surface area contributed by atoms with Crippen LogP contribution >= 0.6 is 34.4 Å². The Balaban J connectivity index is 1.56. The van der Waals surface area contributed by atoms with E-state index in [4.69, 9.17) is 0 Å². The Labute approximate surface area is 168 Å². The average molecular weight is 417 g/mol. The molecule has 2 amide bonds.